The van der Waals surface area contributed by atoms with E-state index in [2.05, 4.69) is 15.4 Å². The van der Waals surface area contributed by atoms with Gasteiger partial charge in [-0.25, -0.2) is 18.4 Å². The van der Waals surface area contributed by atoms with Gasteiger partial charge in [0, 0.05) is 25.5 Å². The first-order valence-corrected chi connectivity index (χ1v) is 16.6. The number of rotatable bonds is 17. The molecule has 0 saturated heterocycles. The molecule has 0 spiro atoms. The molecule has 0 aliphatic carbocycles. The maximum absolute atomic E-state index is 14.4. The Morgan fingerprint density at radius 3 is 2.11 bits per heavy atom. The summed E-state index contributed by atoms with van der Waals surface area (Å²) in [7, 11) is -4.38. The van der Waals surface area contributed by atoms with E-state index in [9.17, 15) is 32.6 Å². The van der Waals surface area contributed by atoms with Crippen molar-refractivity contribution in [3.05, 3.63) is 71.3 Å². The molecule has 44 heavy (non-hydrogen) atoms. The number of alkyl halides is 2. The van der Waals surface area contributed by atoms with Crippen molar-refractivity contribution >= 4 is 25.5 Å². The smallest absolute Gasteiger partial charge is 0.409 e. The number of alkyl carbamates (subject to hydrolysis) is 2. The zero-order valence-corrected chi connectivity index (χ0v) is 26.4. The van der Waals surface area contributed by atoms with Crippen molar-refractivity contribution in [3.8, 4) is 0 Å². The van der Waals surface area contributed by atoms with Gasteiger partial charge in [0.05, 0.1) is 5.92 Å². The fourth-order valence-electron chi connectivity index (χ4n) is 4.34. The Hall–Kier alpha value is -3.50. The minimum atomic E-state index is -4.38. The quantitative estimate of drug-likeness (QED) is 0.0963. The summed E-state index contributed by atoms with van der Waals surface area (Å²) < 4.78 is 56.6. The fourth-order valence-corrected chi connectivity index (χ4v) is 6.69. The molecular weight excluding hydrogens is 597 g/mol. The van der Waals surface area contributed by atoms with E-state index in [1.807, 2.05) is 6.07 Å². The van der Waals surface area contributed by atoms with Crippen molar-refractivity contribution in [1.82, 2.24) is 10.6 Å². The van der Waals surface area contributed by atoms with Crippen molar-refractivity contribution in [3.63, 3.8) is 0 Å². The van der Waals surface area contributed by atoms with Gasteiger partial charge in [-0.2, -0.15) is 0 Å². The van der Waals surface area contributed by atoms with Gasteiger partial charge in [0.1, 0.15) is 12.4 Å². The summed E-state index contributed by atoms with van der Waals surface area (Å²) in [5.74, 6) is -4.29. The Labute approximate surface area is 257 Å². The summed E-state index contributed by atoms with van der Waals surface area (Å²) in [4.78, 5) is 49.0. The molecule has 2 amide bonds. The summed E-state index contributed by atoms with van der Waals surface area (Å²) in [5, 5.41) is 4.88. The number of halogens is 2. The highest BCUT2D eigenvalue weighted by Gasteiger charge is 2.40. The maximum Gasteiger partial charge on any atom is 0.409 e. The van der Waals surface area contributed by atoms with Gasteiger partial charge in [0.2, 0.25) is 20.1 Å². The average molecular weight is 641 g/mol. The van der Waals surface area contributed by atoms with E-state index in [4.69, 9.17) is 9.47 Å². The predicted octanol–water partition coefficient (Wildman–Crippen LogP) is 6.91. The van der Waals surface area contributed by atoms with E-state index < -0.39 is 62.0 Å². The zero-order chi connectivity index (χ0) is 32.7. The van der Waals surface area contributed by atoms with Crippen LogP contribution < -0.4 is 10.6 Å². The number of nitrogens with one attached hydrogen (secondary N) is 2. The lowest BCUT2D eigenvalue weighted by molar-refractivity contribution is -0.159. The van der Waals surface area contributed by atoms with Gasteiger partial charge in [-0.15, -0.1) is 0 Å². The molecular formula is C31H43F2N2O8P. The Morgan fingerprint density at radius 1 is 0.886 bits per heavy atom. The number of amides is 2. The van der Waals surface area contributed by atoms with Crippen molar-refractivity contribution in [2.45, 2.75) is 90.9 Å². The maximum atomic E-state index is 14.4. The van der Waals surface area contributed by atoms with E-state index >= 15 is 0 Å². The number of benzene rings is 2. The number of carbonyl (C=O) groups is 3. The molecule has 13 heteroatoms. The van der Waals surface area contributed by atoms with Crippen LogP contribution in [0.1, 0.15) is 76.0 Å². The minimum Gasteiger partial charge on any atom is -0.445 e. The van der Waals surface area contributed by atoms with Crippen LogP contribution in [0.15, 0.2) is 54.6 Å². The lowest BCUT2D eigenvalue weighted by Crippen LogP contribution is -2.40. The lowest BCUT2D eigenvalue weighted by atomic mass is 9.99. The second-order valence-electron chi connectivity index (χ2n) is 10.7. The van der Waals surface area contributed by atoms with Crippen LogP contribution in [0.3, 0.4) is 0 Å². The molecule has 0 aromatic heterocycles. The summed E-state index contributed by atoms with van der Waals surface area (Å²) in [6.45, 7) is 6.56. The van der Waals surface area contributed by atoms with Crippen LogP contribution in [-0.2, 0) is 36.7 Å². The van der Waals surface area contributed by atoms with E-state index in [1.165, 1.54) is 12.1 Å². The van der Waals surface area contributed by atoms with Crippen LogP contribution in [-0.4, -0.2) is 47.7 Å². The molecule has 0 bridgehead atoms. The van der Waals surface area contributed by atoms with Crippen LogP contribution in [0.2, 0.25) is 0 Å². The summed E-state index contributed by atoms with van der Waals surface area (Å²) >= 11 is 0. The van der Waals surface area contributed by atoms with Gasteiger partial charge in [-0.1, -0.05) is 82.3 Å². The Balaban J connectivity index is 2.25. The second kappa shape index (κ2) is 18.3. The van der Waals surface area contributed by atoms with Crippen LogP contribution >= 0.6 is 7.37 Å². The van der Waals surface area contributed by atoms with Crippen molar-refractivity contribution in [2.24, 2.45) is 5.92 Å². The molecule has 2 aromatic rings. The van der Waals surface area contributed by atoms with E-state index in [0.717, 1.165) is 5.56 Å². The van der Waals surface area contributed by atoms with E-state index in [1.54, 1.807) is 64.1 Å². The summed E-state index contributed by atoms with van der Waals surface area (Å²) in [6.07, 6.45) is -5.35. The van der Waals surface area contributed by atoms with Gasteiger partial charge in [-0.3, -0.25) is 9.36 Å². The molecule has 2 rings (SSSR count). The van der Waals surface area contributed by atoms with Crippen LogP contribution in [0.4, 0.5) is 18.4 Å². The molecule has 0 aliphatic heterocycles. The van der Waals surface area contributed by atoms with E-state index in [0.29, 0.717) is 18.4 Å². The Bertz CT molecular complexity index is 1250. The highest BCUT2D eigenvalue weighted by atomic mass is 31.2. The average Bonchev–Trinajstić information content (AvgIpc) is 2.97. The van der Waals surface area contributed by atoms with Crippen LogP contribution in [0.5, 0.6) is 0 Å². The first kappa shape index (κ1) is 36.7. The number of ether oxygens (including phenoxy) is 3. The molecule has 2 aromatic carbocycles. The number of hydrogen-bond acceptors (Lipinski definition) is 7. The lowest BCUT2D eigenvalue weighted by Gasteiger charge is -2.29. The van der Waals surface area contributed by atoms with Gasteiger partial charge in [-0.05, 0) is 35.4 Å². The van der Waals surface area contributed by atoms with Crippen molar-refractivity contribution in [2.75, 3.05) is 6.16 Å². The van der Waals surface area contributed by atoms with Crippen molar-refractivity contribution < 1.29 is 46.8 Å². The molecule has 244 valence electrons. The summed E-state index contributed by atoms with van der Waals surface area (Å²) in [5.41, 5.74) is 1.41. The van der Waals surface area contributed by atoms with Gasteiger partial charge < -0.3 is 29.7 Å². The van der Waals surface area contributed by atoms with Crippen LogP contribution in [0.25, 0.3) is 0 Å². The Kier molecular flexibility index (Phi) is 15.3. The molecule has 0 saturated carbocycles. The third-order valence-electron chi connectivity index (χ3n) is 6.57. The largest absolute Gasteiger partial charge is 0.445 e. The second-order valence-corrected chi connectivity index (χ2v) is 13.2. The fraction of sp³-hybridized carbons (Fsp3) is 0.516. The molecule has 0 heterocycles. The number of carbonyl (C=O) groups excluding carboxylic acids is 3. The highest BCUT2D eigenvalue weighted by molar-refractivity contribution is 7.58. The monoisotopic (exact) mass is 640 g/mol. The molecule has 10 nitrogen and oxygen atoms in total. The van der Waals surface area contributed by atoms with Crippen molar-refractivity contribution in [1.29, 1.82) is 0 Å². The van der Waals surface area contributed by atoms with Gasteiger partial charge in [0.15, 0.2) is 0 Å². The third kappa shape index (κ3) is 12.6. The first-order valence-electron chi connectivity index (χ1n) is 14.7. The molecule has 0 fully saturated rings. The Morgan fingerprint density at radius 2 is 1.50 bits per heavy atom. The van der Waals surface area contributed by atoms with Gasteiger partial charge in [0.25, 0.3) is 0 Å². The van der Waals surface area contributed by atoms with Gasteiger partial charge >= 0.3 is 18.2 Å². The number of hydrogen-bond donors (Lipinski definition) is 3. The molecule has 5 unspecified atom stereocenters. The molecule has 5 atom stereocenters. The number of esters is 1. The highest BCUT2D eigenvalue weighted by Crippen LogP contribution is 2.51. The summed E-state index contributed by atoms with van der Waals surface area (Å²) in [6, 6.07) is 15.0. The van der Waals surface area contributed by atoms with E-state index in [-0.39, 0.29) is 31.6 Å². The zero-order valence-electron chi connectivity index (χ0n) is 25.5. The standard InChI is InChI=1S/C31H43F2N2O8P/c1-5-11-26(32)42-29(36)25(24-16-10-15-23(17-24)18-34-30(37)43-27(33)12-6-2)20-44(39,40)28(21(3)4)35-31(38)41-19-22-13-8-7-9-14-22/h7-10,13-17,21,25-28H,5-6,11-12,18-20H2,1-4H3,(H,34,37)(H,35,38)(H,39,40). The first-order chi connectivity index (χ1) is 20.9. The minimum absolute atomic E-state index is 0.0541. The van der Waals surface area contributed by atoms with Crippen LogP contribution in [0, 0.1) is 5.92 Å². The normalized spacial score (nSPS) is 15.3. The molecule has 0 radical (unpaired) electrons. The third-order valence-corrected chi connectivity index (χ3v) is 9.06. The molecule has 0 aliphatic rings. The molecule has 3 N–H and O–H groups in total. The SMILES string of the molecule is CCCC(F)OC(=O)NCc1cccc(C(CP(=O)(O)C(NC(=O)OCc2ccccc2)C(C)C)C(=O)OC(F)CCC)c1. The predicted molar refractivity (Wildman–Crippen MR) is 161 cm³/mol. The topological polar surface area (TPSA) is 140 Å².